The fourth-order valence-corrected chi connectivity index (χ4v) is 8.65. The molecule has 0 bridgehead atoms. The van der Waals surface area contributed by atoms with Crippen LogP contribution in [-0.2, 0) is 52.6 Å². The van der Waals surface area contributed by atoms with Crippen LogP contribution >= 0.6 is 10.7 Å². The molecule has 1 atom stereocenters. The van der Waals surface area contributed by atoms with Gasteiger partial charge in [0.1, 0.15) is 25.0 Å². The average Bonchev–Trinajstić information content (AvgIpc) is 3.08. The number of sulfone groups is 2. The van der Waals surface area contributed by atoms with Crippen LogP contribution in [0.1, 0.15) is 24.0 Å². The Morgan fingerprint density at radius 1 is 0.778 bits per heavy atom. The van der Waals surface area contributed by atoms with Crippen molar-refractivity contribution in [1.82, 2.24) is 5.32 Å². The van der Waals surface area contributed by atoms with Gasteiger partial charge in [-0.2, -0.15) is 0 Å². The van der Waals surface area contributed by atoms with Gasteiger partial charge in [-0.25, -0.2) is 30.0 Å². The van der Waals surface area contributed by atoms with Crippen molar-refractivity contribution in [1.29, 1.82) is 0 Å². The molecular weight excluding hydrogens is 802 g/mol. The third-order valence-corrected chi connectivity index (χ3v) is 12.2. The molecule has 0 radical (unpaired) electrons. The van der Waals surface area contributed by atoms with Gasteiger partial charge < -0.3 is 19.5 Å². The maximum Gasteiger partial charge on any atom is 0.328 e. The minimum atomic E-state index is -4.19. The van der Waals surface area contributed by atoms with E-state index in [1.807, 2.05) is 0 Å². The molecule has 292 valence electrons. The first-order chi connectivity index (χ1) is 25.1. The van der Waals surface area contributed by atoms with Gasteiger partial charge >= 0.3 is 11.9 Å². The summed E-state index contributed by atoms with van der Waals surface area (Å²) >= 11 is 0. The van der Waals surface area contributed by atoms with E-state index in [0.29, 0.717) is 0 Å². The molecule has 0 aliphatic carbocycles. The van der Waals surface area contributed by atoms with Crippen molar-refractivity contribution in [2.45, 2.75) is 47.4 Å². The number of nitro benzene ring substituents is 2. The lowest BCUT2D eigenvalue weighted by Gasteiger charge is -2.18. The van der Waals surface area contributed by atoms with Gasteiger partial charge in [0, 0.05) is 41.4 Å². The normalized spacial score (nSPS) is 12.3. The van der Waals surface area contributed by atoms with Crippen LogP contribution in [0.2, 0.25) is 0 Å². The van der Waals surface area contributed by atoms with Gasteiger partial charge in [-0.05, 0) is 55.7 Å². The summed E-state index contributed by atoms with van der Waals surface area (Å²) in [6.45, 7) is 0.737. The maximum atomic E-state index is 13.0. The number of rotatable bonds is 19. The summed E-state index contributed by atoms with van der Waals surface area (Å²) in [6.07, 6.45) is -1.07. The van der Waals surface area contributed by atoms with Gasteiger partial charge in [0.25, 0.3) is 26.3 Å². The zero-order valence-corrected chi connectivity index (χ0v) is 31.5. The number of halogens is 1. The lowest BCUT2D eigenvalue weighted by Crippen LogP contribution is -2.44. The maximum absolute atomic E-state index is 13.0. The molecule has 23 heteroatoms. The Kier molecular flexibility index (Phi) is 14.6. The first-order valence-corrected chi connectivity index (χ1v) is 21.0. The standard InChI is InChI=1S/C31H32ClN3O16S3/c1-20-15-24(16-21(2)30(20)54(32,47)48)51-19-28(36)33-27(31(38)50-12-14-53(45,46)26-8-4-6-23(18-26)35(41)42)9-10-29(37)49-11-13-52(43,44)25-7-3-5-22(17-25)34(39)40/h3-8,15-18,27H,9-14,19H2,1-2H3,(H,33,36). The molecule has 3 rings (SSSR count). The molecule has 1 N–H and O–H groups in total. The monoisotopic (exact) mass is 833 g/mol. The van der Waals surface area contributed by atoms with Crippen molar-refractivity contribution in [2.75, 3.05) is 31.3 Å². The fourth-order valence-electron chi connectivity index (χ4n) is 4.78. The summed E-state index contributed by atoms with van der Waals surface area (Å²) in [4.78, 5) is 57.9. The highest BCUT2D eigenvalue weighted by atomic mass is 35.7. The number of carbonyl (C=O) groups is 3. The van der Waals surface area contributed by atoms with E-state index in [1.54, 1.807) is 0 Å². The van der Waals surface area contributed by atoms with Crippen LogP contribution < -0.4 is 10.1 Å². The number of amides is 1. The van der Waals surface area contributed by atoms with E-state index in [2.05, 4.69) is 5.32 Å². The molecule has 0 spiro atoms. The third kappa shape index (κ3) is 12.5. The first-order valence-electron chi connectivity index (χ1n) is 15.4. The number of benzene rings is 3. The molecule has 0 aromatic heterocycles. The molecule has 1 unspecified atom stereocenters. The minimum absolute atomic E-state index is 0.0679. The second kappa shape index (κ2) is 18.2. The Morgan fingerprint density at radius 2 is 1.26 bits per heavy atom. The van der Waals surface area contributed by atoms with Gasteiger partial charge in [-0.15, -0.1) is 0 Å². The summed E-state index contributed by atoms with van der Waals surface area (Å²) in [7, 11) is -6.91. The number of nitrogens with zero attached hydrogens (tertiary/aromatic N) is 2. The van der Waals surface area contributed by atoms with Crippen LogP contribution in [0.25, 0.3) is 0 Å². The molecular formula is C31H32ClN3O16S3. The number of hydrogen-bond donors (Lipinski definition) is 1. The zero-order chi connectivity index (χ0) is 40.4. The number of nitro groups is 2. The van der Waals surface area contributed by atoms with Gasteiger partial charge in [0.2, 0.25) is 0 Å². The van der Waals surface area contributed by atoms with Crippen LogP contribution in [-0.4, -0.2) is 90.3 Å². The highest BCUT2D eigenvalue weighted by Crippen LogP contribution is 2.28. The molecule has 3 aromatic rings. The minimum Gasteiger partial charge on any atom is -0.484 e. The first kappa shape index (κ1) is 43.2. The number of non-ortho nitro benzene ring substituents is 2. The van der Waals surface area contributed by atoms with E-state index in [0.717, 1.165) is 42.5 Å². The molecule has 54 heavy (non-hydrogen) atoms. The quantitative estimate of drug-likeness (QED) is 0.0786. The van der Waals surface area contributed by atoms with Crippen LogP contribution in [0, 0.1) is 34.1 Å². The van der Waals surface area contributed by atoms with Crippen molar-refractivity contribution in [3.8, 4) is 5.75 Å². The number of carbonyl (C=O) groups excluding carboxylic acids is 3. The highest BCUT2D eigenvalue weighted by molar-refractivity contribution is 8.13. The number of aryl methyl sites for hydroxylation is 2. The smallest absolute Gasteiger partial charge is 0.328 e. The number of ether oxygens (including phenoxy) is 3. The fraction of sp³-hybridized carbons (Fsp3) is 0.323. The van der Waals surface area contributed by atoms with Crippen molar-refractivity contribution in [3.05, 3.63) is 92.0 Å². The molecule has 19 nitrogen and oxygen atoms in total. The lowest BCUT2D eigenvalue weighted by atomic mass is 10.1. The summed E-state index contributed by atoms with van der Waals surface area (Å²) in [5.41, 5.74) is -0.515. The van der Waals surface area contributed by atoms with Crippen LogP contribution in [0.15, 0.2) is 75.4 Å². The van der Waals surface area contributed by atoms with Crippen molar-refractivity contribution in [3.63, 3.8) is 0 Å². The predicted octanol–water partition coefficient (Wildman–Crippen LogP) is 2.73. The summed E-state index contributed by atoms with van der Waals surface area (Å²) in [5.74, 6) is -4.62. The summed E-state index contributed by atoms with van der Waals surface area (Å²) in [5, 5.41) is 24.3. The molecule has 0 fully saturated rings. The Morgan fingerprint density at radius 3 is 1.72 bits per heavy atom. The highest BCUT2D eigenvalue weighted by Gasteiger charge is 2.27. The summed E-state index contributed by atoms with van der Waals surface area (Å²) < 4.78 is 89.8. The molecule has 0 saturated heterocycles. The van der Waals surface area contributed by atoms with Gasteiger partial charge in [-0.1, -0.05) is 12.1 Å². The SMILES string of the molecule is Cc1cc(OCC(=O)NC(CCC(=O)OCCS(=O)(=O)c2cccc([N+](=O)[O-])c2)C(=O)OCCS(=O)(=O)c2cccc([N+](=O)[O-])c2)cc(C)c1S(=O)(=O)Cl. The molecule has 0 heterocycles. The lowest BCUT2D eigenvalue weighted by molar-refractivity contribution is -0.385. The molecule has 0 saturated carbocycles. The number of hydrogen-bond acceptors (Lipinski definition) is 16. The Hall–Kier alpha value is -5.19. The Bertz CT molecular complexity index is 2260. The van der Waals surface area contributed by atoms with E-state index in [9.17, 15) is 59.9 Å². The van der Waals surface area contributed by atoms with Crippen molar-refractivity contribution >= 4 is 68.6 Å². The number of nitrogens with one attached hydrogen (secondary N) is 1. The van der Waals surface area contributed by atoms with Crippen molar-refractivity contribution < 1.29 is 63.7 Å². The average molecular weight is 834 g/mol. The number of esters is 2. The van der Waals surface area contributed by atoms with Crippen LogP contribution in [0.4, 0.5) is 11.4 Å². The molecule has 3 aromatic carbocycles. The Balaban J connectivity index is 1.67. The Labute approximate surface area is 313 Å². The van der Waals surface area contributed by atoms with Crippen molar-refractivity contribution in [2.24, 2.45) is 0 Å². The van der Waals surface area contributed by atoms with E-state index in [4.69, 9.17) is 24.9 Å². The van der Waals surface area contributed by atoms with E-state index >= 15 is 0 Å². The van der Waals surface area contributed by atoms with E-state index in [-0.39, 0.29) is 26.7 Å². The van der Waals surface area contributed by atoms with Gasteiger partial charge in [-0.3, -0.25) is 29.8 Å². The van der Waals surface area contributed by atoms with Crippen LogP contribution in [0.5, 0.6) is 5.75 Å². The molecule has 0 aliphatic heterocycles. The topological polar surface area (TPSA) is 280 Å². The molecule has 1 amide bonds. The second-order valence-corrected chi connectivity index (χ2v) is 18.0. The van der Waals surface area contributed by atoms with Crippen LogP contribution in [0.3, 0.4) is 0 Å². The molecule has 0 aliphatic rings. The largest absolute Gasteiger partial charge is 0.484 e. The van der Waals surface area contributed by atoms with E-state index in [1.165, 1.54) is 32.0 Å². The van der Waals surface area contributed by atoms with Gasteiger partial charge in [0.15, 0.2) is 26.3 Å². The zero-order valence-electron chi connectivity index (χ0n) is 28.3. The van der Waals surface area contributed by atoms with E-state index < -0.39 is 123 Å². The third-order valence-electron chi connectivity index (χ3n) is 7.29. The summed E-state index contributed by atoms with van der Waals surface area (Å²) in [6, 6.07) is 9.42. The predicted molar refractivity (Wildman–Crippen MR) is 188 cm³/mol. The van der Waals surface area contributed by atoms with Gasteiger partial charge in [0.05, 0.1) is 36.0 Å². The second-order valence-electron chi connectivity index (χ2n) is 11.3.